The quantitative estimate of drug-likeness (QED) is 0.895. The van der Waals surface area contributed by atoms with Crippen LogP contribution in [0.3, 0.4) is 0 Å². The van der Waals surface area contributed by atoms with Crippen molar-refractivity contribution in [3.05, 3.63) is 42.5 Å². The Kier molecular flexibility index (Phi) is 7.64. The number of hydrogen-bond donors (Lipinski definition) is 2. The first-order valence-electron chi connectivity index (χ1n) is 5.65. The minimum absolute atomic E-state index is 0. The van der Waals surface area contributed by atoms with Crippen LogP contribution in [0.5, 0.6) is 0 Å². The average molecular weight is 318 g/mol. The lowest BCUT2D eigenvalue weighted by atomic mass is 10.3. The monoisotopic (exact) mass is 317 g/mol. The molecule has 2 aromatic heterocycles. The van der Waals surface area contributed by atoms with Crippen LogP contribution in [0.15, 0.2) is 36.8 Å². The molecular weight excluding hydrogens is 301 g/mol. The zero-order chi connectivity index (χ0) is 13.0. The van der Waals surface area contributed by atoms with Crippen LogP contribution in [0.1, 0.15) is 17.4 Å². The van der Waals surface area contributed by atoms with Crippen LogP contribution in [0.2, 0.25) is 0 Å². The molecule has 8 heteroatoms. The number of amides is 1. The highest BCUT2D eigenvalue weighted by Crippen LogP contribution is 2.01. The molecule has 3 N–H and O–H groups in total. The fourth-order valence-electron chi connectivity index (χ4n) is 1.57. The highest BCUT2D eigenvalue weighted by atomic mass is 35.5. The van der Waals surface area contributed by atoms with Gasteiger partial charge >= 0.3 is 0 Å². The predicted molar refractivity (Wildman–Crippen MR) is 82.3 cm³/mol. The Morgan fingerprint density at radius 2 is 2.20 bits per heavy atom. The van der Waals surface area contributed by atoms with Crippen LogP contribution < -0.4 is 11.1 Å². The van der Waals surface area contributed by atoms with Gasteiger partial charge in [0.25, 0.3) is 5.91 Å². The normalized spacial score (nSPS) is 10.8. The number of carbonyl (C=O) groups is 1. The fraction of sp³-hybridized carbons (Fsp3) is 0.250. The van der Waals surface area contributed by atoms with E-state index in [0.717, 1.165) is 0 Å². The van der Waals surface area contributed by atoms with Crippen molar-refractivity contribution in [2.45, 2.75) is 19.5 Å². The third kappa shape index (κ3) is 5.07. The summed E-state index contributed by atoms with van der Waals surface area (Å²) in [4.78, 5) is 15.8. The first-order valence-corrected chi connectivity index (χ1v) is 5.65. The molecule has 0 aliphatic rings. The lowest BCUT2D eigenvalue weighted by Crippen LogP contribution is -2.36. The van der Waals surface area contributed by atoms with Gasteiger partial charge in [0.1, 0.15) is 5.69 Å². The van der Waals surface area contributed by atoms with Crippen LogP contribution in [0.25, 0.3) is 0 Å². The Hall–Kier alpha value is -1.79. The molecule has 0 fully saturated rings. The van der Waals surface area contributed by atoms with E-state index in [2.05, 4.69) is 15.4 Å². The molecule has 0 aromatic carbocycles. The molecule has 1 unspecified atom stereocenters. The molecule has 0 saturated heterocycles. The molecule has 6 nitrogen and oxygen atoms in total. The maximum atomic E-state index is 11.9. The Morgan fingerprint density at radius 3 is 2.75 bits per heavy atom. The maximum Gasteiger partial charge on any atom is 0.270 e. The van der Waals surface area contributed by atoms with Gasteiger partial charge in [0.2, 0.25) is 0 Å². The Labute approximate surface area is 129 Å². The van der Waals surface area contributed by atoms with E-state index in [1.165, 1.54) is 6.20 Å². The molecule has 20 heavy (non-hydrogen) atoms. The number of rotatable bonds is 4. The first-order chi connectivity index (χ1) is 8.65. The number of nitrogen functional groups attached to an aromatic ring is 1. The molecule has 1 atom stereocenters. The molecule has 2 rings (SSSR count). The van der Waals surface area contributed by atoms with Gasteiger partial charge in [0, 0.05) is 18.4 Å². The van der Waals surface area contributed by atoms with E-state index in [1.807, 2.05) is 19.2 Å². The highest BCUT2D eigenvalue weighted by molar-refractivity contribution is 5.92. The number of anilines is 1. The van der Waals surface area contributed by atoms with E-state index in [4.69, 9.17) is 5.73 Å². The zero-order valence-electron chi connectivity index (χ0n) is 10.9. The van der Waals surface area contributed by atoms with Gasteiger partial charge < -0.3 is 11.1 Å². The van der Waals surface area contributed by atoms with E-state index in [-0.39, 0.29) is 36.8 Å². The van der Waals surface area contributed by atoms with Crippen molar-refractivity contribution in [3.63, 3.8) is 0 Å². The summed E-state index contributed by atoms with van der Waals surface area (Å²) in [5.74, 6) is -0.213. The minimum atomic E-state index is -0.213. The summed E-state index contributed by atoms with van der Waals surface area (Å²) in [7, 11) is 0. The molecular formula is C12H17Cl2N5O. The van der Waals surface area contributed by atoms with Crippen LogP contribution in [-0.2, 0) is 6.54 Å². The van der Waals surface area contributed by atoms with Gasteiger partial charge in [0.05, 0.1) is 18.4 Å². The van der Waals surface area contributed by atoms with Gasteiger partial charge in [-0.05, 0) is 25.1 Å². The van der Waals surface area contributed by atoms with Crippen molar-refractivity contribution < 1.29 is 4.79 Å². The molecule has 1 amide bonds. The molecule has 0 bridgehead atoms. The Bertz CT molecular complexity index is 515. The van der Waals surface area contributed by atoms with E-state index >= 15 is 0 Å². The summed E-state index contributed by atoms with van der Waals surface area (Å²) in [6.45, 7) is 2.53. The van der Waals surface area contributed by atoms with Gasteiger partial charge in [0.15, 0.2) is 0 Å². The molecule has 2 heterocycles. The third-order valence-electron chi connectivity index (χ3n) is 2.42. The summed E-state index contributed by atoms with van der Waals surface area (Å²) in [5, 5.41) is 6.93. The molecule has 0 spiro atoms. The van der Waals surface area contributed by atoms with E-state index in [1.54, 1.807) is 23.0 Å². The summed E-state index contributed by atoms with van der Waals surface area (Å²) < 4.78 is 1.77. The number of nitrogens with two attached hydrogens (primary N) is 1. The molecule has 0 aliphatic carbocycles. The lowest BCUT2D eigenvalue weighted by Gasteiger charge is -2.13. The van der Waals surface area contributed by atoms with Crippen LogP contribution in [0.4, 0.5) is 5.69 Å². The van der Waals surface area contributed by atoms with Crippen molar-refractivity contribution in [1.29, 1.82) is 0 Å². The standard InChI is InChI=1S/C12H15N5O.2ClH/c1-9(8-17-6-2-5-15-17)16-12(18)11-4-3-10(13)7-14-11;;/h2-7,9H,8,13H2,1H3,(H,16,18);2*1H. The molecule has 2 aromatic rings. The number of halogens is 2. The summed E-state index contributed by atoms with van der Waals surface area (Å²) >= 11 is 0. The SMILES string of the molecule is CC(Cn1cccn1)NC(=O)c1ccc(N)cn1.Cl.Cl. The van der Waals surface area contributed by atoms with Crippen molar-refractivity contribution in [3.8, 4) is 0 Å². The second-order valence-electron chi connectivity index (χ2n) is 4.08. The largest absolute Gasteiger partial charge is 0.397 e. The highest BCUT2D eigenvalue weighted by Gasteiger charge is 2.11. The van der Waals surface area contributed by atoms with E-state index in [0.29, 0.717) is 17.9 Å². The van der Waals surface area contributed by atoms with Gasteiger partial charge in [-0.25, -0.2) is 4.98 Å². The topological polar surface area (TPSA) is 85.8 Å². The van der Waals surface area contributed by atoms with Crippen molar-refractivity contribution in [2.24, 2.45) is 0 Å². The zero-order valence-corrected chi connectivity index (χ0v) is 12.5. The van der Waals surface area contributed by atoms with E-state index < -0.39 is 0 Å². The minimum Gasteiger partial charge on any atom is -0.397 e. The second kappa shape index (κ2) is 8.39. The number of carbonyl (C=O) groups excluding carboxylic acids is 1. The fourth-order valence-corrected chi connectivity index (χ4v) is 1.57. The third-order valence-corrected chi connectivity index (χ3v) is 2.42. The summed E-state index contributed by atoms with van der Waals surface area (Å²) in [6, 6.07) is 5.07. The van der Waals surface area contributed by atoms with Crippen molar-refractivity contribution >= 4 is 36.4 Å². The smallest absolute Gasteiger partial charge is 0.270 e. The predicted octanol–water partition coefficient (Wildman–Crippen LogP) is 1.52. The maximum absolute atomic E-state index is 11.9. The molecule has 110 valence electrons. The number of aromatic nitrogens is 3. The second-order valence-corrected chi connectivity index (χ2v) is 4.08. The summed E-state index contributed by atoms with van der Waals surface area (Å²) in [5.41, 5.74) is 6.41. The molecule has 0 aliphatic heterocycles. The first kappa shape index (κ1) is 18.2. The van der Waals surface area contributed by atoms with Crippen molar-refractivity contribution in [2.75, 3.05) is 5.73 Å². The lowest BCUT2D eigenvalue weighted by molar-refractivity contribution is 0.0931. The number of nitrogens with one attached hydrogen (secondary N) is 1. The van der Waals surface area contributed by atoms with Gasteiger partial charge in [-0.1, -0.05) is 0 Å². The number of pyridine rings is 1. The van der Waals surface area contributed by atoms with Gasteiger partial charge in [-0.15, -0.1) is 24.8 Å². The molecule has 0 radical (unpaired) electrons. The number of nitrogens with zero attached hydrogens (tertiary/aromatic N) is 3. The average Bonchev–Trinajstić information content (AvgIpc) is 2.82. The Balaban J connectivity index is 0.00000180. The van der Waals surface area contributed by atoms with Gasteiger partial charge in [-0.3, -0.25) is 9.48 Å². The van der Waals surface area contributed by atoms with Crippen LogP contribution in [0, 0.1) is 0 Å². The van der Waals surface area contributed by atoms with Crippen LogP contribution in [-0.4, -0.2) is 26.7 Å². The van der Waals surface area contributed by atoms with Crippen molar-refractivity contribution in [1.82, 2.24) is 20.1 Å². The Morgan fingerprint density at radius 1 is 1.45 bits per heavy atom. The molecule has 0 saturated carbocycles. The number of hydrogen-bond acceptors (Lipinski definition) is 4. The van der Waals surface area contributed by atoms with Gasteiger partial charge in [-0.2, -0.15) is 5.10 Å². The van der Waals surface area contributed by atoms with E-state index in [9.17, 15) is 4.79 Å². The van der Waals surface area contributed by atoms with Crippen LogP contribution >= 0.6 is 24.8 Å². The summed E-state index contributed by atoms with van der Waals surface area (Å²) in [6.07, 6.45) is 5.02.